The predicted octanol–water partition coefficient (Wildman–Crippen LogP) is 3.57. The summed E-state index contributed by atoms with van der Waals surface area (Å²) in [6.07, 6.45) is 8.29. The lowest BCUT2D eigenvalue weighted by Gasteiger charge is -2.23. The molecule has 0 saturated carbocycles. The average Bonchev–Trinajstić information content (AvgIpc) is 3.00. The maximum Gasteiger partial charge on any atom is 0.178 e. The van der Waals surface area contributed by atoms with Crippen LogP contribution in [0, 0.1) is 0 Å². The number of fused-ring (bicyclic) bond motifs is 1. The van der Waals surface area contributed by atoms with Gasteiger partial charge >= 0.3 is 0 Å². The van der Waals surface area contributed by atoms with Crippen molar-refractivity contribution in [2.24, 2.45) is 0 Å². The van der Waals surface area contributed by atoms with Gasteiger partial charge in [0, 0.05) is 25.0 Å². The van der Waals surface area contributed by atoms with Gasteiger partial charge in [-0.3, -0.25) is 10.1 Å². The van der Waals surface area contributed by atoms with Gasteiger partial charge in [-0.15, -0.1) is 0 Å². The van der Waals surface area contributed by atoms with Crippen LogP contribution < -0.4 is 0 Å². The number of pyridine rings is 1. The van der Waals surface area contributed by atoms with Gasteiger partial charge in [0.2, 0.25) is 0 Å². The van der Waals surface area contributed by atoms with Crippen LogP contribution in [0.1, 0.15) is 51.4 Å². The summed E-state index contributed by atoms with van der Waals surface area (Å²) in [5.41, 5.74) is 4.86. The zero-order chi connectivity index (χ0) is 16.7. The highest BCUT2D eigenvalue weighted by molar-refractivity contribution is 5.74. The molecule has 0 fully saturated rings. The Morgan fingerprint density at radius 1 is 1.04 bits per heavy atom. The SMILES string of the molecule is CC(C)(C)c1ccnc2nc(CC(C)(C)c3cn[nH]c3)cnc12. The van der Waals surface area contributed by atoms with Crippen LogP contribution in [0.15, 0.2) is 30.9 Å². The highest BCUT2D eigenvalue weighted by Gasteiger charge is 2.24. The third-order valence-electron chi connectivity index (χ3n) is 4.21. The Balaban J connectivity index is 1.99. The monoisotopic (exact) mass is 309 g/mol. The van der Waals surface area contributed by atoms with Gasteiger partial charge in [-0.2, -0.15) is 5.10 Å². The van der Waals surface area contributed by atoms with E-state index in [9.17, 15) is 0 Å². The van der Waals surface area contributed by atoms with Gasteiger partial charge in [0.05, 0.1) is 11.9 Å². The van der Waals surface area contributed by atoms with Crippen molar-refractivity contribution in [2.75, 3.05) is 0 Å². The van der Waals surface area contributed by atoms with E-state index < -0.39 is 0 Å². The summed E-state index contributed by atoms with van der Waals surface area (Å²) in [6.45, 7) is 10.9. The summed E-state index contributed by atoms with van der Waals surface area (Å²) < 4.78 is 0. The lowest BCUT2D eigenvalue weighted by molar-refractivity contribution is 0.515. The molecule has 0 saturated heterocycles. The molecule has 0 aliphatic heterocycles. The van der Waals surface area contributed by atoms with Crippen LogP contribution in [0.4, 0.5) is 0 Å². The van der Waals surface area contributed by atoms with E-state index in [2.05, 4.69) is 54.8 Å². The number of aromatic nitrogens is 5. The molecule has 5 nitrogen and oxygen atoms in total. The molecule has 120 valence electrons. The summed E-state index contributed by atoms with van der Waals surface area (Å²) in [5.74, 6) is 0. The van der Waals surface area contributed by atoms with Crippen molar-refractivity contribution in [1.29, 1.82) is 0 Å². The molecule has 3 aromatic heterocycles. The summed E-state index contributed by atoms with van der Waals surface area (Å²) in [6, 6.07) is 2.03. The van der Waals surface area contributed by atoms with Crippen LogP contribution >= 0.6 is 0 Å². The van der Waals surface area contributed by atoms with E-state index in [-0.39, 0.29) is 10.8 Å². The summed E-state index contributed by atoms with van der Waals surface area (Å²) in [7, 11) is 0. The van der Waals surface area contributed by atoms with E-state index in [4.69, 9.17) is 4.98 Å². The fourth-order valence-corrected chi connectivity index (χ4v) is 2.82. The topological polar surface area (TPSA) is 67.3 Å². The van der Waals surface area contributed by atoms with Gasteiger partial charge in [0.1, 0.15) is 5.52 Å². The lowest BCUT2D eigenvalue weighted by atomic mass is 9.82. The van der Waals surface area contributed by atoms with E-state index in [1.165, 1.54) is 5.56 Å². The molecule has 0 spiro atoms. The maximum absolute atomic E-state index is 4.74. The zero-order valence-electron chi connectivity index (χ0n) is 14.4. The highest BCUT2D eigenvalue weighted by atomic mass is 15.1. The number of nitrogens with zero attached hydrogens (tertiary/aromatic N) is 4. The fourth-order valence-electron chi connectivity index (χ4n) is 2.82. The molecule has 3 rings (SSSR count). The molecule has 0 aromatic carbocycles. The molecule has 0 aliphatic carbocycles. The van der Waals surface area contributed by atoms with Gasteiger partial charge in [-0.25, -0.2) is 9.97 Å². The molecule has 3 aromatic rings. The summed E-state index contributed by atoms with van der Waals surface area (Å²) in [4.78, 5) is 13.8. The first-order chi connectivity index (χ1) is 10.8. The van der Waals surface area contributed by atoms with Crippen LogP contribution in [0.25, 0.3) is 11.2 Å². The third kappa shape index (κ3) is 3.09. The predicted molar refractivity (Wildman–Crippen MR) is 91.4 cm³/mol. The quantitative estimate of drug-likeness (QED) is 0.803. The Hall–Kier alpha value is -2.30. The smallest absolute Gasteiger partial charge is 0.178 e. The average molecular weight is 309 g/mol. The van der Waals surface area contributed by atoms with E-state index in [0.29, 0.717) is 0 Å². The Bertz CT molecular complexity index is 813. The molecule has 0 radical (unpaired) electrons. The Morgan fingerprint density at radius 2 is 1.83 bits per heavy atom. The van der Waals surface area contributed by atoms with Crippen LogP contribution in [0.2, 0.25) is 0 Å². The zero-order valence-corrected chi connectivity index (χ0v) is 14.4. The van der Waals surface area contributed by atoms with Gasteiger partial charge < -0.3 is 0 Å². The molecule has 0 unspecified atom stereocenters. The van der Waals surface area contributed by atoms with Gasteiger partial charge in [-0.1, -0.05) is 34.6 Å². The second-order valence-corrected chi connectivity index (χ2v) is 7.69. The molecule has 3 heterocycles. The molecule has 1 N–H and O–H groups in total. The van der Waals surface area contributed by atoms with Crippen molar-refractivity contribution in [1.82, 2.24) is 25.1 Å². The van der Waals surface area contributed by atoms with Crippen LogP contribution in [0.5, 0.6) is 0 Å². The second kappa shape index (κ2) is 5.41. The van der Waals surface area contributed by atoms with Crippen molar-refractivity contribution in [3.05, 3.63) is 47.7 Å². The summed E-state index contributed by atoms with van der Waals surface area (Å²) >= 11 is 0. The second-order valence-electron chi connectivity index (χ2n) is 7.69. The maximum atomic E-state index is 4.74. The van der Waals surface area contributed by atoms with Crippen molar-refractivity contribution in [3.63, 3.8) is 0 Å². The van der Waals surface area contributed by atoms with Gasteiger partial charge in [0.25, 0.3) is 0 Å². The first kappa shape index (κ1) is 15.6. The Labute approximate surface area is 136 Å². The molecule has 0 bridgehead atoms. The molecule has 0 amide bonds. The van der Waals surface area contributed by atoms with Crippen molar-refractivity contribution < 1.29 is 0 Å². The minimum absolute atomic E-state index is 0.0213. The molecule has 0 aliphatic rings. The number of aromatic amines is 1. The lowest BCUT2D eigenvalue weighted by Crippen LogP contribution is -2.21. The van der Waals surface area contributed by atoms with Crippen molar-refractivity contribution >= 4 is 11.2 Å². The largest absolute Gasteiger partial charge is 0.285 e. The van der Waals surface area contributed by atoms with E-state index >= 15 is 0 Å². The first-order valence-corrected chi connectivity index (χ1v) is 7.88. The first-order valence-electron chi connectivity index (χ1n) is 7.88. The molecule has 23 heavy (non-hydrogen) atoms. The third-order valence-corrected chi connectivity index (χ3v) is 4.21. The summed E-state index contributed by atoms with van der Waals surface area (Å²) in [5, 5.41) is 6.92. The number of H-pyrrole nitrogens is 1. The van der Waals surface area contributed by atoms with Crippen LogP contribution in [-0.2, 0) is 17.3 Å². The number of hydrogen-bond acceptors (Lipinski definition) is 4. The standard InChI is InChI=1S/C18H23N5/c1-17(2,3)14-6-7-19-16-15(14)20-11-13(23-16)8-18(4,5)12-9-21-22-10-12/h6-7,9-11H,8H2,1-5H3,(H,21,22). The number of nitrogens with one attached hydrogen (secondary N) is 1. The number of rotatable bonds is 3. The Morgan fingerprint density at radius 3 is 2.48 bits per heavy atom. The minimum atomic E-state index is -0.0585. The fraction of sp³-hybridized carbons (Fsp3) is 0.444. The van der Waals surface area contributed by atoms with Gasteiger partial charge in [0.15, 0.2) is 5.65 Å². The van der Waals surface area contributed by atoms with E-state index in [1.54, 1.807) is 0 Å². The normalized spacial score (nSPS) is 12.7. The van der Waals surface area contributed by atoms with E-state index in [1.807, 2.05) is 30.9 Å². The minimum Gasteiger partial charge on any atom is -0.285 e. The van der Waals surface area contributed by atoms with Crippen LogP contribution in [-0.4, -0.2) is 25.1 Å². The molecule has 0 atom stereocenters. The van der Waals surface area contributed by atoms with Gasteiger partial charge in [-0.05, 0) is 28.0 Å². The van der Waals surface area contributed by atoms with Crippen LogP contribution in [0.3, 0.4) is 0 Å². The molecule has 5 heteroatoms. The van der Waals surface area contributed by atoms with Crippen molar-refractivity contribution in [2.45, 2.75) is 51.9 Å². The van der Waals surface area contributed by atoms with E-state index in [0.717, 1.165) is 28.8 Å². The van der Waals surface area contributed by atoms with Crippen molar-refractivity contribution in [3.8, 4) is 0 Å². The number of hydrogen-bond donors (Lipinski definition) is 1. The Kier molecular flexibility index (Phi) is 3.66. The molecular formula is C18H23N5. The highest BCUT2D eigenvalue weighted by Crippen LogP contribution is 2.29. The molecular weight excluding hydrogens is 286 g/mol.